The largest absolute Gasteiger partial charge is 0.480 e. The van der Waals surface area contributed by atoms with E-state index in [1.54, 1.807) is 0 Å². The molecule has 1 N–H and O–H groups in total. The van der Waals surface area contributed by atoms with Crippen LogP contribution in [0.25, 0.3) is 0 Å². The van der Waals surface area contributed by atoms with Crippen molar-refractivity contribution < 1.29 is 19.4 Å². The second-order valence-corrected chi connectivity index (χ2v) is 4.58. The molecular weight excluding hydrogens is 196 g/mol. The number of carboxylic acid groups (broad SMARTS) is 1. The summed E-state index contributed by atoms with van der Waals surface area (Å²) >= 11 is 0. The third-order valence-corrected chi connectivity index (χ3v) is 3.65. The van der Waals surface area contributed by atoms with Gasteiger partial charge in [0.2, 0.25) is 0 Å². The molecule has 4 heteroatoms. The van der Waals surface area contributed by atoms with Gasteiger partial charge in [0.1, 0.15) is 0 Å². The van der Waals surface area contributed by atoms with Crippen molar-refractivity contribution in [2.45, 2.75) is 33.1 Å². The first-order chi connectivity index (χ1) is 6.94. The Morgan fingerprint density at radius 2 is 1.93 bits per heavy atom. The fourth-order valence-corrected chi connectivity index (χ4v) is 2.27. The molecule has 86 valence electrons. The molecule has 0 aromatic rings. The highest BCUT2D eigenvalue weighted by Crippen LogP contribution is 2.43. The number of esters is 1. The number of hydrogen-bond acceptors (Lipinski definition) is 3. The number of aliphatic carboxylic acids is 1. The molecule has 0 radical (unpaired) electrons. The van der Waals surface area contributed by atoms with Crippen molar-refractivity contribution in [3.63, 3.8) is 0 Å². The number of methoxy groups -OCH3 is 1. The Kier molecular flexibility index (Phi) is 3.37. The van der Waals surface area contributed by atoms with Crippen molar-refractivity contribution in [2.24, 2.45) is 17.3 Å². The van der Waals surface area contributed by atoms with Crippen molar-refractivity contribution in [2.75, 3.05) is 7.11 Å². The lowest BCUT2D eigenvalue weighted by Gasteiger charge is -2.37. The molecule has 15 heavy (non-hydrogen) atoms. The highest BCUT2D eigenvalue weighted by molar-refractivity contribution is 5.99. The maximum absolute atomic E-state index is 11.6. The summed E-state index contributed by atoms with van der Waals surface area (Å²) in [5.74, 6) is -0.932. The summed E-state index contributed by atoms with van der Waals surface area (Å²) in [5.41, 5.74) is -1.30. The summed E-state index contributed by atoms with van der Waals surface area (Å²) in [6.45, 7) is 4.08. The molecule has 0 aromatic heterocycles. The zero-order valence-electron chi connectivity index (χ0n) is 9.45. The van der Waals surface area contributed by atoms with E-state index in [4.69, 9.17) is 0 Å². The van der Waals surface area contributed by atoms with Gasteiger partial charge in [-0.25, -0.2) is 0 Å². The van der Waals surface area contributed by atoms with Gasteiger partial charge in [-0.3, -0.25) is 9.59 Å². The molecule has 3 unspecified atom stereocenters. The third kappa shape index (κ3) is 1.98. The van der Waals surface area contributed by atoms with E-state index in [1.165, 1.54) is 7.11 Å². The number of rotatable bonds is 2. The lowest BCUT2D eigenvalue weighted by molar-refractivity contribution is -0.171. The average molecular weight is 214 g/mol. The molecule has 3 atom stereocenters. The minimum absolute atomic E-state index is 0.244. The Hall–Kier alpha value is -1.06. The Morgan fingerprint density at radius 1 is 1.33 bits per heavy atom. The molecule has 0 aliphatic heterocycles. The fourth-order valence-electron chi connectivity index (χ4n) is 2.27. The van der Waals surface area contributed by atoms with Crippen LogP contribution in [-0.4, -0.2) is 24.2 Å². The Morgan fingerprint density at radius 3 is 2.33 bits per heavy atom. The lowest BCUT2D eigenvalue weighted by atomic mass is 9.66. The smallest absolute Gasteiger partial charge is 0.323 e. The number of hydrogen-bond donors (Lipinski definition) is 1. The first-order valence-corrected chi connectivity index (χ1v) is 5.26. The minimum atomic E-state index is -1.30. The standard InChI is InChI=1S/C11H18O4/c1-7-4-5-11(9(12)13,6-8(7)2)10(14)15-3/h7-8H,4-6H2,1-3H3,(H,12,13). The van der Waals surface area contributed by atoms with Gasteiger partial charge < -0.3 is 9.84 Å². The van der Waals surface area contributed by atoms with Crippen LogP contribution >= 0.6 is 0 Å². The minimum Gasteiger partial charge on any atom is -0.480 e. The van der Waals surface area contributed by atoms with Crippen molar-refractivity contribution in [1.82, 2.24) is 0 Å². The van der Waals surface area contributed by atoms with Gasteiger partial charge in [-0.2, -0.15) is 0 Å². The predicted molar refractivity (Wildman–Crippen MR) is 54.3 cm³/mol. The van der Waals surface area contributed by atoms with E-state index in [2.05, 4.69) is 11.7 Å². The molecule has 0 amide bonds. The molecule has 1 aliphatic carbocycles. The summed E-state index contributed by atoms with van der Waals surface area (Å²) < 4.78 is 4.62. The van der Waals surface area contributed by atoms with Gasteiger partial charge >= 0.3 is 11.9 Å². The Bertz CT molecular complexity index is 274. The van der Waals surface area contributed by atoms with E-state index in [9.17, 15) is 14.7 Å². The van der Waals surface area contributed by atoms with Crippen LogP contribution in [0.4, 0.5) is 0 Å². The normalized spacial score (nSPS) is 35.9. The molecule has 1 fully saturated rings. The van der Waals surface area contributed by atoms with Crippen LogP contribution in [0.15, 0.2) is 0 Å². The van der Waals surface area contributed by atoms with Gasteiger partial charge in [0.05, 0.1) is 7.11 Å². The summed E-state index contributed by atoms with van der Waals surface area (Å²) in [7, 11) is 1.25. The van der Waals surface area contributed by atoms with Gasteiger partial charge in [-0.05, 0) is 31.1 Å². The van der Waals surface area contributed by atoms with Crippen LogP contribution in [0, 0.1) is 17.3 Å². The number of carbonyl (C=O) groups is 2. The quantitative estimate of drug-likeness (QED) is 0.561. The lowest BCUT2D eigenvalue weighted by Crippen LogP contribution is -2.45. The second-order valence-electron chi connectivity index (χ2n) is 4.58. The Balaban J connectivity index is 2.94. The van der Waals surface area contributed by atoms with Gasteiger partial charge in [0.15, 0.2) is 5.41 Å². The van der Waals surface area contributed by atoms with E-state index in [1.807, 2.05) is 6.92 Å². The molecule has 0 aromatic carbocycles. The highest BCUT2D eigenvalue weighted by Gasteiger charge is 2.51. The zero-order valence-corrected chi connectivity index (χ0v) is 9.45. The summed E-state index contributed by atoms with van der Waals surface area (Å²) in [4.78, 5) is 22.8. The third-order valence-electron chi connectivity index (χ3n) is 3.65. The maximum atomic E-state index is 11.6. The molecule has 0 bridgehead atoms. The highest BCUT2D eigenvalue weighted by atomic mass is 16.5. The van der Waals surface area contributed by atoms with Crippen LogP contribution < -0.4 is 0 Å². The molecule has 0 saturated heterocycles. The SMILES string of the molecule is COC(=O)C1(C(=O)O)CCC(C)C(C)C1. The molecule has 1 saturated carbocycles. The van der Waals surface area contributed by atoms with Gasteiger partial charge in [0.25, 0.3) is 0 Å². The van der Waals surface area contributed by atoms with Gasteiger partial charge in [0, 0.05) is 0 Å². The van der Waals surface area contributed by atoms with E-state index >= 15 is 0 Å². The van der Waals surface area contributed by atoms with E-state index in [0.717, 1.165) is 6.42 Å². The second kappa shape index (κ2) is 4.21. The summed E-state index contributed by atoms with van der Waals surface area (Å²) in [5, 5.41) is 9.19. The monoisotopic (exact) mass is 214 g/mol. The zero-order chi connectivity index (χ0) is 11.6. The van der Waals surface area contributed by atoms with Crippen molar-refractivity contribution >= 4 is 11.9 Å². The molecule has 0 spiro atoms. The van der Waals surface area contributed by atoms with E-state index in [0.29, 0.717) is 18.8 Å². The van der Waals surface area contributed by atoms with Gasteiger partial charge in [-0.15, -0.1) is 0 Å². The van der Waals surface area contributed by atoms with Crippen molar-refractivity contribution in [3.05, 3.63) is 0 Å². The van der Waals surface area contributed by atoms with Crippen LogP contribution in [0.3, 0.4) is 0 Å². The van der Waals surface area contributed by atoms with Crippen LogP contribution in [0.2, 0.25) is 0 Å². The van der Waals surface area contributed by atoms with Crippen molar-refractivity contribution in [3.8, 4) is 0 Å². The van der Waals surface area contributed by atoms with Gasteiger partial charge in [-0.1, -0.05) is 13.8 Å². The number of ether oxygens (including phenoxy) is 1. The van der Waals surface area contributed by atoms with E-state index < -0.39 is 17.4 Å². The van der Waals surface area contributed by atoms with Crippen molar-refractivity contribution in [1.29, 1.82) is 0 Å². The number of carbonyl (C=O) groups excluding carboxylic acids is 1. The summed E-state index contributed by atoms with van der Waals surface area (Å²) in [6.07, 6.45) is 1.54. The first kappa shape index (κ1) is 12.0. The van der Waals surface area contributed by atoms with Crippen LogP contribution in [0.5, 0.6) is 0 Å². The maximum Gasteiger partial charge on any atom is 0.323 e. The summed E-state index contributed by atoms with van der Waals surface area (Å²) in [6, 6.07) is 0. The molecular formula is C11H18O4. The topological polar surface area (TPSA) is 63.6 Å². The molecule has 4 nitrogen and oxygen atoms in total. The van der Waals surface area contributed by atoms with E-state index in [-0.39, 0.29) is 5.92 Å². The number of carboxylic acids is 1. The average Bonchev–Trinajstić information content (AvgIpc) is 2.20. The molecule has 0 heterocycles. The molecule has 1 rings (SSSR count). The first-order valence-electron chi connectivity index (χ1n) is 5.26. The van der Waals surface area contributed by atoms with Crippen LogP contribution in [0.1, 0.15) is 33.1 Å². The van der Waals surface area contributed by atoms with Crippen LogP contribution in [-0.2, 0) is 14.3 Å². The fraction of sp³-hybridized carbons (Fsp3) is 0.818. The predicted octanol–water partition coefficient (Wildman–Crippen LogP) is 1.69. The Labute approximate surface area is 89.6 Å². The molecule has 1 aliphatic rings.